The zero-order valence-corrected chi connectivity index (χ0v) is 10.7. The van der Waals surface area contributed by atoms with E-state index in [9.17, 15) is 4.79 Å². The van der Waals surface area contributed by atoms with E-state index >= 15 is 0 Å². The molecule has 19 heavy (non-hydrogen) atoms. The van der Waals surface area contributed by atoms with Gasteiger partial charge in [0.2, 0.25) is 0 Å². The predicted octanol–water partition coefficient (Wildman–Crippen LogP) is 3.95. The highest BCUT2D eigenvalue weighted by Gasteiger charge is 2.22. The van der Waals surface area contributed by atoms with Crippen molar-refractivity contribution in [2.45, 2.75) is 12.8 Å². The highest BCUT2D eigenvalue weighted by molar-refractivity contribution is 5.81. The molecule has 0 saturated heterocycles. The van der Waals surface area contributed by atoms with E-state index in [1.54, 1.807) is 0 Å². The zero-order valence-electron chi connectivity index (χ0n) is 10.7. The van der Waals surface area contributed by atoms with Crippen molar-refractivity contribution in [1.82, 2.24) is 0 Å². The lowest BCUT2D eigenvalue weighted by atomic mass is 10.0. The molecule has 1 saturated carbocycles. The maximum Gasteiger partial charge on any atom is 0.150 e. The number of hydrogen-bond acceptors (Lipinski definition) is 2. The average molecular weight is 252 g/mol. The minimum atomic E-state index is 0.678. The third-order valence-electron chi connectivity index (χ3n) is 3.40. The summed E-state index contributed by atoms with van der Waals surface area (Å²) in [6.07, 6.45) is 3.41. The minimum Gasteiger partial charge on any atom is -0.493 e. The molecular formula is C17H16O2. The molecule has 1 fully saturated rings. The topological polar surface area (TPSA) is 26.3 Å². The van der Waals surface area contributed by atoms with Crippen LogP contribution in [0, 0.1) is 5.92 Å². The molecule has 2 nitrogen and oxygen atoms in total. The largest absolute Gasteiger partial charge is 0.493 e. The molecule has 1 aliphatic rings. The fraction of sp³-hybridized carbons (Fsp3) is 0.235. The normalized spacial score (nSPS) is 14.1. The molecule has 2 heteroatoms. The lowest BCUT2D eigenvalue weighted by molar-refractivity contribution is 0.112. The number of aldehydes is 1. The van der Waals surface area contributed by atoms with Gasteiger partial charge in [0.1, 0.15) is 12.0 Å². The molecule has 2 aromatic rings. The predicted molar refractivity (Wildman–Crippen MR) is 75.5 cm³/mol. The van der Waals surface area contributed by atoms with Gasteiger partial charge in [-0.1, -0.05) is 30.3 Å². The van der Waals surface area contributed by atoms with Crippen LogP contribution in [-0.2, 0) is 0 Å². The van der Waals surface area contributed by atoms with Crippen LogP contribution in [0.1, 0.15) is 23.2 Å². The van der Waals surface area contributed by atoms with Crippen molar-refractivity contribution in [3.8, 4) is 16.9 Å². The Labute approximate surface area is 113 Å². The molecule has 0 aromatic heterocycles. The van der Waals surface area contributed by atoms with E-state index in [-0.39, 0.29) is 0 Å². The molecule has 2 aromatic carbocycles. The van der Waals surface area contributed by atoms with Gasteiger partial charge in [0.25, 0.3) is 0 Å². The van der Waals surface area contributed by atoms with E-state index in [2.05, 4.69) is 0 Å². The summed E-state index contributed by atoms with van der Waals surface area (Å²) in [6.45, 7) is 0.778. The monoisotopic (exact) mass is 252 g/mol. The SMILES string of the molecule is O=Cc1ccc(OCC2CC2)c(-c2ccccc2)c1. The fourth-order valence-electron chi connectivity index (χ4n) is 2.08. The minimum absolute atomic E-state index is 0.678. The third kappa shape index (κ3) is 2.84. The van der Waals surface area contributed by atoms with E-state index < -0.39 is 0 Å². The van der Waals surface area contributed by atoms with Gasteiger partial charge in [0.15, 0.2) is 0 Å². The van der Waals surface area contributed by atoms with Crippen molar-refractivity contribution in [2.75, 3.05) is 6.61 Å². The number of hydrogen-bond donors (Lipinski definition) is 0. The van der Waals surface area contributed by atoms with Crippen molar-refractivity contribution >= 4 is 6.29 Å². The van der Waals surface area contributed by atoms with Crippen molar-refractivity contribution < 1.29 is 9.53 Å². The Hall–Kier alpha value is -2.09. The third-order valence-corrected chi connectivity index (χ3v) is 3.40. The highest BCUT2D eigenvalue weighted by atomic mass is 16.5. The number of carbonyl (C=O) groups excluding carboxylic acids is 1. The van der Waals surface area contributed by atoms with E-state index in [1.165, 1.54) is 12.8 Å². The molecule has 0 heterocycles. The lowest BCUT2D eigenvalue weighted by Gasteiger charge is -2.12. The Kier molecular flexibility index (Phi) is 3.32. The van der Waals surface area contributed by atoms with Gasteiger partial charge in [-0.25, -0.2) is 0 Å². The molecule has 0 amide bonds. The molecule has 0 radical (unpaired) electrons. The van der Waals surface area contributed by atoms with Gasteiger partial charge in [-0.2, -0.15) is 0 Å². The zero-order chi connectivity index (χ0) is 13.1. The van der Waals surface area contributed by atoms with Crippen molar-refractivity contribution in [3.05, 3.63) is 54.1 Å². The van der Waals surface area contributed by atoms with Gasteiger partial charge in [0.05, 0.1) is 6.61 Å². The molecule has 0 atom stereocenters. The van der Waals surface area contributed by atoms with Crippen LogP contribution in [0.2, 0.25) is 0 Å². The Morgan fingerprint density at radius 3 is 2.58 bits per heavy atom. The molecule has 96 valence electrons. The second-order valence-electron chi connectivity index (χ2n) is 4.99. The summed E-state index contributed by atoms with van der Waals surface area (Å²) in [5.41, 5.74) is 2.75. The summed E-state index contributed by atoms with van der Waals surface area (Å²) in [4.78, 5) is 10.9. The van der Waals surface area contributed by atoms with Crippen molar-refractivity contribution in [1.29, 1.82) is 0 Å². The maximum atomic E-state index is 10.9. The Morgan fingerprint density at radius 2 is 1.89 bits per heavy atom. The number of benzene rings is 2. The Balaban J connectivity index is 1.95. The van der Waals surface area contributed by atoms with Crippen molar-refractivity contribution in [2.24, 2.45) is 5.92 Å². The summed E-state index contributed by atoms with van der Waals surface area (Å²) >= 11 is 0. The second kappa shape index (κ2) is 5.27. The highest BCUT2D eigenvalue weighted by Crippen LogP contribution is 2.34. The van der Waals surface area contributed by atoms with Crippen molar-refractivity contribution in [3.63, 3.8) is 0 Å². The molecule has 3 rings (SSSR count). The molecule has 0 unspecified atom stereocenters. The first-order valence-electron chi connectivity index (χ1n) is 6.64. The van der Waals surface area contributed by atoms with Crippen LogP contribution in [0.15, 0.2) is 48.5 Å². The van der Waals surface area contributed by atoms with Gasteiger partial charge >= 0.3 is 0 Å². The number of ether oxygens (including phenoxy) is 1. The fourth-order valence-corrected chi connectivity index (χ4v) is 2.08. The number of rotatable bonds is 5. The Bertz CT molecular complexity index is 571. The number of carbonyl (C=O) groups is 1. The van der Waals surface area contributed by atoms with E-state index in [4.69, 9.17) is 4.74 Å². The quantitative estimate of drug-likeness (QED) is 0.753. The van der Waals surface area contributed by atoms with Crippen LogP contribution in [0.25, 0.3) is 11.1 Å². The van der Waals surface area contributed by atoms with Gasteiger partial charge in [-0.15, -0.1) is 0 Å². The molecule has 0 bridgehead atoms. The van der Waals surface area contributed by atoms with E-state index in [0.29, 0.717) is 5.56 Å². The summed E-state index contributed by atoms with van der Waals surface area (Å²) in [5.74, 6) is 1.58. The first kappa shape index (κ1) is 12.0. The summed E-state index contributed by atoms with van der Waals surface area (Å²) in [6, 6.07) is 15.6. The molecule has 0 spiro atoms. The Morgan fingerprint density at radius 1 is 1.11 bits per heavy atom. The molecule has 0 aliphatic heterocycles. The smallest absolute Gasteiger partial charge is 0.150 e. The molecule has 1 aliphatic carbocycles. The first-order valence-corrected chi connectivity index (χ1v) is 6.64. The second-order valence-corrected chi connectivity index (χ2v) is 4.99. The average Bonchev–Trinajstić information content (AvgIpc) is 3.30. The van der Waals surface area contributed by atoms with Gasteiger partial charge < -0.3 is 4.74 Å². The summed E-state index contributed by atoms with van der Waals surface area (Å²) in [7, 11) is 0. The van der Waals surface area contributed by atoms with E-state index in [1.807, 2.05) is 48.5 Å². The summed E-state index contributed by atoms with van der Waals surface area (Å²) in [5, 5.41) is 0. The first-order chi connectivity index (χ1) is 9.36. The van der Waals surface area contributed by atoms with Crippen LogP contribution >= 0.6 is 0 Å². The van der Waals surface area contributed by atoms with Gasteiger partial charge in [0, 0.05) is 11.1 Å². The van der Waals surface area contributed by atoms with Crippen LogP contribution in [0.3, 0.4) is 0 Å². The standard InChI is InChI=1S/C17H16O2/c18-11-14-8-9-17(19-12-13-6-7-13)16(10-14)15-4-2-1-3-5-15/h1-5,8-11,13H,6-7,12H2. The van der Waals surface area contributed by atoms with Crippen LogP contribution < -0.4 is 4.74 Å². The molecular weight excluding hydrogens is 236 g/mol. The molecule has 0 N–H and O–H groups in total. The van der Waals surface area contributed by atoms with Crippen LogP contribution in [0.5, 0.6) is 5.75 Å². The van der Waals surface area contributed by atoms with Gasteiger partial charge in [-0.05, 0) is 42.5 Å². The lowest BCUT2D eigenvalue weighted by Crippen LogP contribution is -2.00. The van der Waals surface area contributed by atoms with Gasteiger partial charge in [-0.3, -0.25) is 4.79 Å². The maximum absolute atomic E-state index is 10.9. The van der Waals surface area contributed by atoms with Crippen LogP contribution in [0.4, 0.5) is 0 Å². The van der Waals surface area contributed by atoms with E-state index in [0.717, 1.165) is 35.7 Å². The van der Waals surface area contributed by atoms with Crippen LogP contribution in [-0.4, -0.2) is 12.9 Å². The summed E-state index contributed by atoms with van der Waals surface area (Å²) < 4.78 is 5.90.